The molecule has 0 aliphatic carbocycles. The van der Waals surface area contributed by atoms with Gasteiger partial charge in [0.1, 0.15) is 41.3 Å². The third-order valence-corrected chi connectivity index (χ3v) is 15.8. The lowest BCUT2D eigenvalue weighted by molar-refractivity contribution is -0.113. The summed E-state index contributed by atoms with van der Waals surface area (Å²) in [7, 11) is 8.39. The molecule has 2 aliphatic heterocycles. The molecule has 0 aromatic heterocycles. The van der Waals surface area contributed by atoms with Crippen molar-refractivity contribution < 1.29 is 61.9 Å². The Morgan fingerprint density at radius 3 is 1.31 bits per heavy atom. The maximum absolute atomic E-state index is 10.2. The lowest BCUT2D eigenvalue weighted by Gasteiger charge is -2.38. The molecule has 3 N–H and O–H groups in total. The van der Waals surface area contributed by atoms with Crippen LogP contribution >= 0.6 is 0 Å². The summed E-state index contributed by atoms with van der Waals surface area (Å²) in [4.78, 5) is 0. The lowest BCUT2D eigenvalue weighted by atomic mass is 9.79. The van der Waals surface area contributed by atoms with E-state index in [4.69, 9.17) is 56.8 Å². The van der Waals surface area contributed by atoms with Crippen molar-refractivity contribution in [1.82, 2.24) is 10.6 Å². The molecule has 88 heavy (non-hydrogen) atoms. The van der Waals surface area contributed by atoms with E-state index in [1.54, 1.807) is 35.5 Å². The van der Waals surface area contributed by atoms with Crippen LogP contribution < -0.4 is 39.1 Å². The first-order valence-corrected chi connectivity index (χ1v) is 29.7. The van der Waals surface area contributed by atoms with Crippen LogP contribution in [-0.4, -0.2) is 125 Å². The van der Waals surface area contributed by atoms with E-state index < -0.39 is 0 Å². The van der Waals surface area contributed by atoms with E-state index in [2.05, 4.69) is 77.4 Å². The Balaban J connectivity index is 0.000000246. The van der Waals surface area contributed by atoms with Crippen LogP contribution in [0.3, 0.4) is 0 Å². The minimum atomic E-state index is -0.105. The molecular formula is C73H92N2O13. The highest BCUT2D eigenvalue weighted by atomic mass is 16.7. The fourth-order valence-corrected chi connectivity index (χ4v) is 11.4. The molecule has 10 rings (SSSR count). The van der Waals surface area contributed by atoms with Crippen molar-refractivity contribution in [3.05, 3.63) is 203 Å². The summed E-state index contributed by atoms with van der Waals surface area (Å²) >= 11 is 0. The van der Waals surface area contributed by atoms with Crippen LogP contribution in [0.4, 0.5) is 0 Å². The van der Waals surface area contributed by atoms with Crippen molar-refractivity contribution in [2.24, 2.45) is 5.92 Å². The van der Waals surface area contributed by atoms with Gasteiger partial charge in [-0.25, -0.2) is 0 Å². The highest BCUT2D eigenvalue weighted by Crippen LogP contribution is 2.37. The maximum atomic E-state index is 10.2. The Morgan fingerprint density at radius 1 is 0.420 bits per heavy atom. The van der Waals surface area contributed by atoms with Crippen LogP contribution in [0, 0.1) is 5.92 Å². The molecule has 0 bridgehead atoms. The normalized spacial score (nSPS) is 18.0. The number of aliphatic hydroxyl groups excluding tert-OH is 1. The molecule has 15 heteroatoms. The third-order valence-electron chi connectivity index (χ3n) is 15.8. The fourth-order valence-electron chi connectivity index (χ4n) is 11.4. The number of para-hydroxylation sites is 2. The Bertz CT molecular complexity index is 3290. The number of aliphatic hydroxyl groups is 1. The van der Waals surface area contributed by atoms with E-state index in [1.807, 2.05) is 103 Å². The van der Waals surface area contributed by atoms with Crippen LogP contribution in [0.2, 0.25) is 0 Å². The third kappa shape index (κ3) is 18.9. The molecule has 0 radical (unpaired) electrons. The molecule has 0 spiro atoms. The van der Waals surface area contributed by atoms with Crippen molar-refractivity contribution >= 4 is 21.5 Å². The summed E-state index contributed by atoms with van der Waals surface area (Å²) in [6.45, 7) is 7.50. The zero-order chi connectivity index (χ0) is 59.7. The van der Waals surface area contributed by atoms with Gasteiger partial charge in [0.25, 0.3) is 0 Å². The molecule has 8 aromatic carbocycles. The van der Waals surface area contributed by atoms with Gasteiger partial charge in [0.2, 0.25) is 0 Å². The minimum absolute atomic E-state index is 0. The van der Waals surface area contributed by atoms with Gasteiger partial charge in [0, 0.05) is 92.4 Å². The predicted molar refractivity (Wildman–Crippen MR) is 349 cm³/mol. The minimum Gasteiger partial charge on any atom is -0.496 e. The lowest BCUT2D eigenvalue weighted by Crippen LogP contribution is -2.50. The van der Waals surface area contributed by atoms with Gasteiger partial charge >= 0.3 is 0 Å². The zero-order valence-electron chi connectivity index (χ0n) is 50.3. The Hall–Kier alpha value is -7.28. The number of rotatable bonds is 30. The fraction of sp³-hybridized carbons (Fsp3) is 0.397. The van der Waals surface area contributed by atoms with Crippen LogP contribution in [0.15, 0.2) is 170 Å². The standard InChI is InChI=1S/C36H43NO7.C35H41NO6.2CH4/c1-38-25-44-35-22-37-21-34(43-23-26-19-28-9-4-6-11-31(28)33(20-26)40-3)36(35)27-13-15-30(16-14-27)42-18-8-17-41-24-29-10-5-7-12-32(29)39-2;1-38-32-11-6-4-9-28(32)24-40-16-7-17-41-30-14-12-26(13-15-30)35-29(22-37)20-36-21-34(35)42-23-25-18-27-8-3-5-10-31(27)33(19-25)39-2;;/h4-7,9-16,19-20,34-37H,8,17-18,21-25H2,1-3H3;3-6,8-15,18-19,29,34-37H,7,16-17,20-24H2,1-2H3;2*1H4/t34-,35+,36+;29-,34-,35-;;/m00../s1. The SMILES string of the molecule is C.C.COCO[C@@H]1CNC[C@H](OCc2cc(OC)c3ccccc3c2)[C@H]1c1ccc(OCCCOCc2ccccc2OC)cc1.COc1ccccc1COCCCOc1ccc([C@H]2[C@H](CO)CNC[C@@H]2OCc2cc(OC)c3ccccc3c2)cc1. The highest BCUT2D eigenvalue weighted by molar-refractivity contribution is 5.89. The largest absolute Gasteiger partial charge is 0.496 e. The molecule has 0 unspecified atom stereocenters. The summed E-state index contributed by atoms with van der Waals surface area (Å²) in [6.07, 6.45) is 1.28. The van der Waals surface area contributed by atoms with E-state index in [1.165, 1.54) is 0 Å². The van der Waals surface area contributed by atoms with Gasteiger partial charge in [0.15, 0.2) is 0 Å². The quantitative estimate of drug-likeness (QED) is 0.0289. The van der Waals surface area contributed by atoms with E-state index in [0.29, 0.717) is 59.4 Å². The van der Waals surface area contributed by atoms with Crippen LogP contribution in [0.25, 0.3) is 21.5 Å². The molecule has 8 aromatic rings. The molecule has 0 amide bonds. The van der Waals surface area contributed by atoms with Gasteiger partial charge in [-0.15, -0.1) is 0 Å². The number of nitrogens with one attached hydrogen (secondary N) is 2. The topological polar surface area (TPSA) is 155 Å². The van der Waals surface area contributed by atoms with Crippen molar-refractivity contribution in [2.45, 2.75) is 84.3 Å². The Morgan fingerprint density at radius 2 is 0.841 bits per heavy atom. The van der Waals surface area contributed by atoms with E-state index in [0.717, 1.165) is 122 Å². The van der Waals surface area contributed by atoms with Gasteiger partial charge < -0.3 is 72.6 Å². The van der Waals surface area contributed by atoms with Crippen molar-refractivity contribution in [1.29, 1.82) is 0 Å². The number of benzene rings is 8. The molecular weight excluding hydrogens is 1110 g/mol. The van der Waals surface area contributed by atoms with Gasteiger partial charge in [-0.05, 0) is 93.7 Å². The first-order chi connectivity index (χ1) is 42.4. The second-order valence-electron chi connectivity index (χ2n) is 21.4. The first kappa shape index (κ1) is 68.2. The average molecular weight is 1210 g/mol. The number of methoxy groups -OCH3 is 5. The Kier molecular flexibility index (Phi) is 28.1. The molecule has 2 saturated heterocycles. The second kappa shape index (κ2) is 36.3. The number of ether oxygens (including phenoxy) is 12. The number of hydrogen-bond acceptors (Lipinski definition) is 15. The molecule has 2 fully saturated rings. The van der Waals surface area contributed by atoms with E-state index in [9.17, 15) is 5.11 Å². The summed E-state index contributed by atoms with van der Waals surface area (Å²) in [6, 6.07) is 57.1. The number of fused-ring (bicyclic) bond motifs is 2. The van der Waals surface area contributed by atoms with E-state index >= 15 is 0 Å². The molecule has 2 aliphatic rings. The van der Waals surface area contributed by atoms with Crippen molar-refractivity contribution in [2.75, 3.05) is 102 Å². The second-order valence-corrected chi connectivity index (χ2v) is 21.4. The van der Waals surface area contributed by atoms with Crippen molar-refractivity contribution in [3.8, 4) is 34.5 Å². The summed E-state index contributed by atoms with van der Waals surface area (Å²) < 4.78 is 70.2. The monoisotopic (exact) mass is 1200 g/mol. The summed E-state index contributed by atoms with van der Waals surface area (Å²) in [5.41, 5.74) is 6.48. The van der Waals surface area contributed by atoms with E-state index in [-0.39, 0.29) is 64.3 Å². The zero-order valence-corrected chi connectivity index (χ0v) is 50.3. The van der Waals surface area contributed by atoms with Gasteiger partial charge in [-0.2, -0.15) is 0 Å². The van der Waals surface area contributed by atoms with Crippen LogP contribution in [0.5, 0.6) is 34.5 Å². The van der Waals surface area contributed by atoms with Crippen molar-refractivity contribution in [3.63, 3.8) is 0 Å². The maximum Gasteiger partial charge on any atom is 0.146 e. The highest BCUT2D eigenvalue weighted by Gasteiger charge is 2.37. The smallest absolute Gasteiger partial charge is 0.146 e. The number of piperidine rings is 2. The van der Waals surface area contributed by atoms with Gasteiger partial charge in [-0.1, -0.05) is 124 Å². The number of hydrogen-bond donors (Lipinski definition) is 3. The van der Waals surface area contributed by atoms with Gasteiger partial charge in [-0.3, -0.25) is 0 Å². The summed E-state index contributed by atoms with van der Waals surface area (Å²) in [5, 5.41) is 21.6. The summed E-state index contributed by atoms with van der Waals surface area (Å²) in [5.74, 6) is 5.16. The van der Waals surface area contributed by atoms with Crippen LogP contribution in [-0.2, 0) is 54.8 Å². The molecule has 0 saturated carbocycles. The Labute approximate surface area is 521 Å². The molecule has 472 valence electrons. The molecule has 15 nitrogen and oxygen atoms in total. The van der Waals surface area contributed by atoms with Gasteiger partial charge in [0.05, 0.1) is 99.6 Å². The molecule has 2 heterocycles. The van der Waals surface area contributed by atoms with Crippen LogP contribution in [0.1, 0.15) is 72.9 Å². The average Bonchev–Trinajstić information content (AvgIpc) is 3.75. The predicted octanol–water partition coefficient (Wildman–Crippen LogP) is 13.1. The first-order valence-electron chi connectivity index (χ1n) is 29.7. The molecule has 6 atom stereocenters.